The number of aromatic nitrogens is 2. The second kappa shape index (κ2) is 3.55. The van der Waals surface area contributed by atoms with Crippen molar-refractivity contribution in [2.45, 2.75) is 43.8 Å². The molecule has 0 saturated carbocycles. The van der Waals surface area contributed by atoms with Gasteiger partial charge in [-0.25, -0.2) is 0 Å². The Kier molecular flexibility index (Phi) is 2.17. The normalized spacial score (nSPS) is 32.1. The van der Waals surface area contributed by atoms with Gasteiger partial charge in [0, 0.05) is 0 Å². The van der Waals surface area contributed by atoms with Crippen LogP contribution in [0, 0.1) is 0 Å². The molecule has 0 amide bonds. The summed E-state index contributed by atoms with van der Waals surface area (Å²) in [6, 6.07) is 0. The minimum absolute atomic E-state index is 0.172. The first-order valence-corrected chi connectivity index (χ1v) is 5.42. The van der Waals surface area contributed by atoms with E-state index in [1.165, 1.54) is 0 Å². The first-order chi connectivity index (χ1) is 7.72. The van der Waals surface area contributed by atoms with Gasteiger partial charge < -0.3 is 14.4 Å². The molecule has 3 rings (SSSR count). The van der Waals surface area contributed by atoms with Crippen LogP contribution in [0.15, 0.2) is 4.52 Å². The van der Waals surface area contributed by atoms with Crippen LogP contribution in [-0.4, -0.2) is 33.4 Å². The summed E-state index contributed by atoms with van der Waals surface area (Å²) >= 11 is 0. The Morgan fingerprint density at radius 2 is 2.38 bits per heavy atom. The molecule has 0 radical (unpaired) electrons. The molecule has 86 valence electrons. The molecule has 1 aromatic rings. The Bertz CT molecular complexity index is 417. The molecule has 2 fully saturated rings. The first-order valence-electron chi connectivity index (χ1n) is 5.42. The number of hydrogen-bond acceptors (Lipinski definition) is 5. The molecule has 2 bridgehead atoms. The third-order valence-electron chi connectivity index (χ3n) is 3.22. The molecule has 3 atom stereocenters. The average Bonchev–Trinajstić information content (AvgIpc) is 2.89. The Labute approximate surface area is 91.6 Å². The summed E-state index contributed by atoms with van der Waals surface area (Å²) in [6.45, 7) is 0. The molecule has 6 heteroatoms. The number of hydrogen-bond donors (Lipinski definition) is 1. The Balaban J connectivity index is 1.75. The zero-order valence-corrected chi connectivity index (χ0v) is 8.63. The summed E-state index contributed by atoms with van der Waals surface area (Å²) in [5.41, 5.74) is 0. The topological polar surface area (TPSA) is 85.5 Å². The van der Waals surface area contributed by atoms with E-state index in [2.05, 4.69) is 10.1 Å². The third-order valence-corrected chi connectivity index (χ3v) is 3.22. The molecule has 3 unspecified atom stereocenters. The highest BCUT2D eigenvalue weighted by Gasteiger charge is 2.43. The molecule has 3 heterocycles. The summed E-state index contributed by atoms with van der Waals surface area (Å²) in [4.78, 5) is 14.6. The van der Waals surface area contributed by atoms with Crippen LogP contribution in [0.3, 0.4) is 0 Å². The Morgan fingerprint density at radius 3 is 3.00 bits per heavy atom. The zero-order valence-electron chi connectivity index (χ0n) is 8.63. The maximum Gasteiger partial charge on any atom is 0.312 e. The summed E-state index contributed by atoms with van der Waals surface area (Å²) in [5, 5.41) is 12.4. The van der Waals surface area contributed by atoms with Crippen molar-refractivity contribution in [3.05, 3.63) is 11.7 Å². The van der Waals surface area contributed by atoms with E-state index >= 15 is 0 Å². The van der Waals surface area contributed by atoms with Gasteiger partial charge in [0.15, 0.2) is 5.82 Å². The smallest absolute Gasteiger partial charge is 0.312 e. The van der Waals surface area contributed by atoms with Gasteiger partial charge in [0.2, 0.25) is 5.89 Å². The summed E-state index contributed by atoms with van der Waals surface area (Å²) in [7, 11) is 0. The fourth-order valence-electron chi connectivity index (χ4n) is 2.53. The van der Waals surface area contributed by atoms with E-state index in [1.54, 1.807) is 0 Å². The van der Waals surface area contributed by atoms with Crippen LogP contribution in [0.4, 0.5) is 0 Å². The van der Waals surface area contributed by atoms with Gasteiger partial charge in [0.1, 0.15) is 6.42 Å². The van der Waals surface area contributed by atoms with Gasteiger partial charge in [-0.1, -0.05) is 5.16 Å². The SMILES string of the molecule is O=C(O)Cc1nc(C2CC3CCC2O3)no1. The van der Waals surface area contributed by atoms with E-state index in [-0.39, 0.29) is 24.3 Å². The van der Waals surface area contributed by atoms with Crippen LogP contribution in [0.1, 0.15) is 36.9 Å². The van der Waals surface area contributed by atoms with E-state index in [9.17, 15) is 4.79 Å². The lowest BCUT2D eigenvalue weighted by atomic mass is 9.89. The van der Waals surface area contributed by atoms with Crippen LogP contribution in [0.25, 0.3) is 0 Å². The number of nitrogens with zero attached hydrogens (tertiary/aromatic N) is 2. The van der Waals surface area contributed by atoms with Gasteiger partial charge in [-0.2, -0.15) is 4.98 Å². The van der Waals surface area contributed by atoms with Crippen LogP contribution >= 0.6 is 0 Å². The zero-order chi connectivity index (χ0) is 11.1. The molecule has 1 aromatic heterocycles. The summed E-state index contributed by atoms with van der Waals surface area (Å²) in [6.07, 6.45) is 3.39. The predicted molar refractivity (Wildman–Crippen MR) is 50.9 cm³/mol. The van der Waals surface area contributed by atoms with Crippen LogP contribution in [-0.2, 0) is 16.0 Å². The standard InChI is InChI=1S/C10H12N2O4/c13-9(14)4-8-11-10(12-16-8)6-3-5-1-2-7(6)15-5/h5-7H,1-4H2,(H,13,14). The van der Waals surface area contributed by atoms with Crippen molar-refractivity contribution in [2.24, 2.45) is 0 Å². The molecular weight excluding hydrogens is 212 g/mol. The quantitative estimate of drug-likeness (QED) is 0.814. The van der Waals surface area contributed by atoms with Crippen molar-refractivity contribution in [1.29, 1.82) is 0 Å². The second-order valence-corrected chi connectivity index (χ2v) is 4.33. The van der Waals surface area contributed by atoms with Crippen molar-refractivity contribution in [1.82, 2.24) is 10.1 Å². The van der Waals surface area contributed by atoms with Crippen molar-refractivity contribution in [3.63, 3.8) is 0 Å². The van der Waals surface area contributed by atoms with Crippen LogP contribution in [0.5, 0.6) is 0 Å². The van der Waals surface area contributed by atoms with Crippen molar-refractivity contribution in [3.8, 4) is 0 Å². The molecule has 2 aliphatic heterocycles. The van der Waals surface area contributed by atoms with Gasteiger partial charge in [0.25, 0.3) is 0 Å². The Hall–Kier alpha value is -1.43. The molecule has 16 heavy (non-hydrogen) atoms. The average molecular weight is 224 g/mol. The highest BCUT2D eigenvalue weighted by atomic mass is 16.5. The molecular formula is C10H12N2O4. The van der Waals surface area contributed by atoms with E-state index in [0.29, 0.717) is 11.9 Å². The highest BCUT2D eigenvalue weighted by Crippen LogP contribution is 2.43. The lowest BCUT2D eigenvalue weighted by Gasteiger charge is -2.13. The lowest BCUT2D eigenvalue weighted by Crippen LogP contribution is -2.15. The van der Waals surface area contributed by atoms with Crippen LogP contribution in [0.2, 0.25) is 0 Å². The molecule has 6 nitrogen and oxygen atoms in total. The molecule has 2 saturated heterocycles. The number of aliphatic carboxylic acids is 1. The number of ether oxygens (including phenoxy) is 1. The van der Waals surface area contributed by atoms with Crippen LogP contribution < -0.4 is 0 Å². The largest absolute Gasteiger partial charge is 0.481 e. The number of fused-ring (bicyclic) bond motifs is 2. The molecule has 1 N–H and O–H groups in total. The van der Waals surface area contributed by atoms with E-state index < -0.39 is 5.97 Å². The summed E-state index contributed by atoms with van der Waals surface area (Å²) in [5.74, 6) is -0.00170. The number of carboxylic acid groups (broad SMARTS) is 1. The molecule has 0 aromatic carbocycles. The summed E-state index contributed by atoms with van der Waals surface area (Å²) < 4.78 is 10.6. The maximum absolute atomic E-state index is 10.5. The van der Waals surface area contributed by atoms with Gasteiger partial charge in [-0.05, 0) is 19.3 Å². The monoisotopic (exact) mass is 224 g/mol. The minimum atomic E-state index is -0.959. The van der Waals surface area contributed by atoms with Crippen molar-refractivity contribution >= 4 is 5.97 Å². The number of carboxylic acids is 1. The minimum Gasteiger partial charge on any atom is -0.481 e. The first kappa shape index (κ1) is 9.77. The van der Waals surface area contributed by atoms with Gasteiger partial charge in [0.05, 0.1) is 18.1 Å². The van der Waals surface area contributed by atoms with E-state index in [0.717, 1.165) is 19.3 Å². The van der Waals surface area contributed by atoms with Crippen molar-refractivity contribution in [2.75, 3.05) is 0 Å². The molecule has 2 aliphatic rings. The highest BCUT2D eigenvalue weighted by molar-refractivity contribution is 5.68. The van der Waals surface area contributed by atoms with Crippen molar-refractivity contribution < 1.29 is 19.2 Å². The second-order valence-electron chi connectivity index (χ2n) is 4.33. The van der Waals surface area contributed by atoms with Gasteiger partial charge >= 0.3 is 5.97 Å². The Morgan fingerprint density at radius 1 is 1.50 bits per heavy atom. The van der Waals surface area contributed by atoms with E-state index in [1.807, 2.05) is 0 Å². The fourth-order valence-corrected chi connectivity index (χ4v) is 2.53. The number of rotatable bonds is 3. The third kappa shape index (κ3) is 1.59. The number of carbonyl (C=O) groups is 1. The lowest BCUT2D eigenvalue weighted by molar-refractivity contribution is -0.136. The molecule has 0 aliphatic carbocycles. The fraction of sp³-hybridized carbons (Fsp3) is 0.700. The van der Waals surface area contributed by atoms with Gasteiger partial charge in [-0.3, -0.25) is 4.79 Å². The molecule has 0 spiro atoms. The maximum atomic E-state index is 10.5. The van der Waals surface area contributed by atoms with E-state index in [4.69, 9.17) is 14.4 Å². The predicted octanol–water partition coefficient (Wildman–Crippen LogP) is 0.732. The van der Waals surface area contributed by atoms with Gasteiger partial charge in [-0.15, -0.1) is 0 Å².